The zero-order valence-corrected chi connectivity index (χ0v) is 17.4. The van der Waals surface area contributed by atoms with Crippen LogP contribution in [0.2, 0.25) is 5.15 Å². The van der Waals surface area contributed by atoms with Gasteiger partial charge in [-0.1, -0.05) is 17.7 Å². The van der Waals surface area contributed by atoms with Crippen molar-refractivity contribution in [3.05, 3.63) is 58.7 Å². The molecule has 1 heterocycles. The van der Waals surface area contributed by atoms with E-state index in [2.05, 4.69) is 29.1 Å². The van der Waals surface area contributed by atoms with E-state index in [9.17, 15) is 0 Å². The fraction of sp³-hybridized carbons (Fsp3) is 0.318. The highest BCUT2D eigenvalue weighted by Gasteiger charge is 2.11. The number of aromatic nitrogens is 1. The van der Waals surface area contributed by atoms with Crippen molar-refractivity contribution in [2.45, 2.75) is 20.0 Å². The van der Waals surface area contributed by atoms with Gasteiger partial charge in [0.05, 0.1) is 26.3 Å². The fourth-order valence-corrected chi connectivity index (χ4v) is 3.35. The number of halogens is 1. The smallest absolute Gasteiger partial charge is 0.161 e. The Hall–Kier alpha value is -2.50. The number of hydrogen-bond acceptors (Lipinski definition) is 5. The van der Waals surface area contributed by atoms with Crippen molar-refractivity contribution in [1.29, 1.82) is 0 Å². The van der Waals surface area contributed by atoms with Crippen molar-refractivity contribution in [1.82, 2.24) is 9.88 Å². The normalized spacial score (nSPS) is 11.1. The number of hydrogen-bond donors (Lipinski definition) is 0. The Kier molecular flexibility index (Phi) is 6.60. The Morgan fingerprint density at radius 3 is 2.50 bits per heavy atom. The summed E-state index contributed by atoms with van der Waals surface area (Å²) in [5.74, 6) is 2.27. The van der Waals surface area contributed by atoms with Crippen LogP contribution in [0.15, 0.2) is 42.5 Å². The maximum Gasteiger partial charge on any atom is 0.161 e. The van der Waals surface area contributed by atoms with Gasteiger partial charge in [0.2, 0.25) is 0 Å². The zero-order valence-electron chi connectivity index (χ0n) is 16.7. The maximum absolute atomic E-state index is 6.43. The number of nitrogens with zero attached hydrogens (tertiary/aromatic N) is 2. The van der Waals surface area contributed by atoms with E-state index in [1.54, 1.807) is 14.2 Å². The highest BCUT2D eigenvalue weighted by atomic mass is 35.5. The quantitative estimate of drug-likeness (QED) is 0.501. The average molecular weight is 401 g/mol. The molecule has 3 rings (SSSR count). The Bertz CT molecular complexity index is 962. The van der Waals surface area contributed by atoms with Gasteiger partial charge in [-0.05, 0) is 49.9 Å². The van der Waals surface area contributed by atoms with Crippen LogP contribution in [0.3, 0.4) is 0 Å². The average Bonchev–Trinajstić information content (AvgIpc) is 2.69. The molecule has 3 aromatic rings. The summed E-state index contributed by atoms with van der Waals surface area (Å²) in [6.07, 6.45) is 0. The fourth-order valence-electron chi connectivity index (χ4n) is 3.15. The number of fused-ring (bicyclic) bond motifs is 1. The number of methoxy groups -OCH3 is 2. The van der Waals surface area contributed by atoms with Gasteiger partial charge in [0.25, 0.3) is 0 Å². The zero-order chi connectivity index (χ0) is 20.1. The lowest BCUT2D eigenvalue weighted by Crippen LogP contribution is -2.17. The molecular formula is C22H25ClN2O3. The van der Waals surface area contributed by atoms with E-state index in [4.69, 9.17) is 25.8 Å². The Morgan fingerprint density at radius 1 is 0.964 bits per heavy atom. The third kappa shape index (κ3) is 4.66. The molecule has 0 aliphatic rings. The molecule has 0 atom stereocenters. The van der Waals surface area contributed by atoms with Crippen molar-refractivity contribution in [3.8, 4) is 17.2 Å². The second kappa shape index (κ2) is 9.13. The van der Waals surface area contributed by atoms with E-state index in [0.29, 0.717) is 18.3 Å². The van der Waals surface area contributed by atoms with Crippen LogP contribution in [0.4, 0.5) is 0 Å². The van der Waals surface area contributed by atoms with Crippen molar-refractivity contribution in [3.63, 3.8) is 0 Å². The molecule has 6 heteroatoms. The third-order valence-electron chi connectivity index (χ3n) is 4.47. The lowest BCUT2D eigenvalue weighted by atomic mass is 10.1. The van der Waals surface area contributed by atoms with E-state index in [1.165, 1.54) is 0 Å². The maximum atomic E-state index is 6.43. The Morgan fingerprint density at radius 2 is 1.79 bits per heavy atom. The summed E-state index contributed by atoms with van der Waals surface area (Å²) in [7, 11) is 5.35. The molecule has 0 unspecified atom stereocenters. The number of benzene rings is 2. The number of pyridine rings is 1. The summed E-state index contributed by atoms with van der Waals surface area (Å²) < 4.78 is 16.3. The largest absolute Gasteiger partial charge is 0.497 e. The number of ether oxygens (including phenoxy) is 3. The molecule has 0 aliphatic carbocycles. The van der Waals surface area contributed by atoms with Gasteiger partial charge in [-0.15, -0.1) is 0 Å². The lowest BCUT2D eigenvalue weighted by molar-refractivity contribution is 0.305. The molecule has 0 N–H and O–H groups in total. The minimum absolute atomic E-state index is 0.511. The Balaban J connectivity index is 1.75. The molecule has 5 nitrogen and oxygen atoms in total. The van der Waals surface area contributed by atoms with Crippen molar-refractivity contribution in [2.75, 3.05) is 27.9 Å². The minimum atomic E-state index is 0.511. The predicted molar refractivity (Wildman–Crippen MR) is 113 cm³/mol. The molecule has 1 aromatic heterocycles. The first kappa shape index (κ1) is 20.2. The SMILES string of the molecule is CCOc1ccc(CN(C)Cc2cc3ccc(OC)cc3nc2Cl)cc1OC. The molecule has 0 saturated carbocycles. The van der Waals surface area contributed by atoms with E-state index in [-0.39, 0.29) is 0 Å². The molecule has 0 spiro atoms. The van der Waals surface area contributed by atoms with E-state index < -0.39 is 0 Å². The van der Waals surface area contributed by atoms with E-state index >= 15 is 0 Å². The molecule has 0 fully saturated rings. The van der Waals surface area contributed by atoms with Crippen molar-refractivity contribution in [2.24, 2.45) is 0 Å². The van der Waals surface area contributed by atoms with Crippen LogP contribution in [-0.4, -0.2) is 37.8 Å². The first-order chi connectivity index (χ1) is 13.5. The van der Waals surface area contributed by atoms with Gasteiger partial charge < -0.3 is 14.2 Å². The second-order valence-corrected chi connectivity index (χ2v) is 6.95. The van der Waals surface area contributed by atoms with Crippen molar-refractivity contribution >= 4 is 22.5 Å². The van der Waals surface area contributed by atoms with E-state index in [0.717, 1.165) is 45.8 Å². The molecule has 0 aliphatic heterocycles. The first-order valence-corrected chi connectivity index (χ1v) is 9.53. The van der Waals surface area contributed by atoms with Gasteiger partial charge in [0.1, 0.15) is 10.9 Å². The number of rotatable bonds is 8. The lowest BCUT2D eigenvalue weighted by Gasteiger charge is -2.19. The molecule has 148 valence electrons. The van der Waals surface area contributed by atoms with Crippen LogP contribution in [0.1, 0.15) is 18.1 Å². The van der Waals surface area contributed by atoms with Crippen LogP contribution in [0.5, 0.6) is 17.2 Å². The molecule has 0 bridgehead atoms. The molecule has 0 saturated heterocycles. The van der Waals surface area contributed by atoms with Gasteiger partial charge in [0, 0.05) is 30.1 Å². The van der Waals surface area contributed by atoms with Crippen LogP contribution < -0.4 is 14.2 Å². The standard InChI is InChI=1S/C22H25ClN2O3/c1-5-28-20-9-6-15(10-21(20)27-4)13-25(2)14-17-11-16-7-8-18(26-3)12-19(16)24-22(17)23/h6-12H,5,13-14H2,1-4H3. The summed E-state index contributed by atoms with van der Waals surface area (Å²) in [5.41, 5.74) is 2.95. The summed E-state index contributed by atoms with van der Waals surface area (Å²) in [4.78, 5) is 6.71. The monoisotopic (exact) mass is 400 g/mol. The van der Waals surface area contributed by atoms with Crippen LogP contribution in [0.25, 0.3) is 10.9 Å². The molecular weight excluding hydrogens is 376 g/mol. The van der Waals surface area contributed by atoms with E-state index in [1.807, 2.05) is 37.3 Å². The third-order valence-corrected chi connectivity index (χ3v) is 4.80. The molecule has 0 radical (unpaired) electrons. The summed E-state index contributed by atoms with van der Waals surface area (Å²) >= 11 is 6.43. The highest BCUT2D eigenvalue weighted by Crippen LogP contribution is 2.29. The predicted octanol–water partition coefficient (Wildman–Crippen LogP) is 4.94. The highest BCUT2D eigenvalue weighted by molar-refractivity contribution is 6.30. The van der Waals surface area contributed by atoms with Crippen LogP contribution >= 0.6 is 11.6 Å². The second-order valence-electron chi connectivity index (χ2n) is 6.59. The van der Waals surface area contributed by atoms with Crippen LogP contribution in [0, 0.1) is 0 Å². The van der Waals surface area contributed by atoms with Gasteiger partial charge in [0.15, 0.2) is 11.5 Å². The summed E-state index contributed by atoms with van der Waals surface area (Å²) in [6, 6.07) is 13.9. The van der Waals surface area contributed by atoms with Crippen LogP contribution in [-0.2, 0) is 13.1 Å². The van der Waals surface area contributed by atoms with Gasteiger partial charge in [-0.25, -0.2) is 4.98 Å². The van der Waals surface area contributed by atoms with Gasteiger partial charge >= 0.3 is 0 Å². The summed E-state index contributed by atoms with van der Waals surface area (Å²) in [6.45, 7) is 4.00. The molecule has 28 heavy (non-hydrogen) atoms. The first-order valence-electron chi connectivity index (χ1n) is 9.15. The van der Waals surface area contributed by atoms with Gasteiger partial charge in [-0.2, -0.15) is 0 Å². The minimum Gasteiger partial charge on any atom is -0.497 e. The van der Waals surface area contributed by atoms with Crippen molar-refractivity contribution < 1.29 is 14.2 Å². The summed E-state index contributed by atoms with van der Waals surface area (Å²) in [5, 5.41) is 1.55. The molecule has 0 amide bonds. The molecule has 2 aromatic carbocycles. The van der Waals surface area contributed by atoms with Gasteiger partial charge in [-0.3, -0.25) is 4.90 Å². The topological polar surface area (TPSA) is 43.8 Å². The Labute approximate surface area is 170 Å².